The highest BCUT2D eigenvalue weighted by molar-refractivity contribution is 6.24. The number of rotatable bonds is 14. The van der Waals surface area contributed by atoms with E-state index in [-0.39, 0.29) is 17.6 Å². The van der Waals surface area contributed by atoms with E-state index in [2.05, 4.69) is 10.8 Å². The average Bonchev–Trinajstić information content (AvgIpc) is 2.94. The van der Waals surface area contributed by atoms with E-state index in [9.17, 15) is 14.0 Å². The summed E-state index contributed by atoms with van der Waals surface area (Å²) in [6.45, 7) is 0.746. The number of hydroxylamine groups is 1. The van der Waals surface area contributed by atoms with Crippen LogP contribution in [0.1, 0.15) is 42.4 Å². The van der Waals surface area contributed by atoms with E-state index >= 15 is 0 Å². The Morgan fingerprint density at radius 3 is 2.21 bits per heavy atom. The normalized spacial score (nSPS) is 11.1. The van der Waals surface area contributed by atoms with Crippen LogP contribution in [-0.4, -0.2) is 32.6 Å². The first-order valence-corrected chi connectivity index (χ1v) is 12.4. The largest absolute Gasteiger partial charge is 0.497 e. The van der Waals surface area contributed by atoms with Crippen LogP contribution in [-0.2, 0) is 21.0 Å². The second-order valence-electron chi connectivity index (χ2n) is 8.58. The van der Waals surface area contributed by atoms with Crippen molar-refractivity contribution in [1.82, 2.24) is 10.8 Å². The summed E-state index contributed by atoms with van der Waals surface area (Å²) in [5, 5.41) is 2.93. The van der Waals surface area contributed by atoms with Crippen LogP contribution in [0.4, 0.5) is 4.39 Å². The first-order valence-electron chi connectivity index (χ1n) is 12.4. The molecule has 8 heteroatoms. The molecule has 2 amide bonds. The summed E-state index contributed by atoms with van der Waals surface area (Å²) in [5.41, 5.74) is 5.10. The maximum absolute atomic E-state index is 13.5. The predicted molar refractivity (Wildman–Crippen MR) is 145 cm³/mol. The molecule has 0 aliphatic rings. The van der Waals surface area contributed by atoms with Crippen LogP contribution in [0.5, 0.6) is 11.5 Å². The standard InChI is InChI=1S/C30H33FN2O5/c1-36-26-17-23(18-27(20-26)37-2)19-28(24-12-14-25(31)15-13-24)30(35)32-16-8-4-7-11-29(34)33-38-21-22-9-5-3-6-10-22/h3,5-6,9-10,12-15,17-20H,4,7-8,11,16,21H2,1-2H3,(H,32,35)(H,33,34)/b28-19-. The van der Waals surface area contributed by atoms with Crippen molar-refractivity contribution in [1.29, 1.82) is 0 Å². The van der Waals surface area contributed by atoms with E-state index in [0.29, 0.717) is 60.6 Å². The Kier molecular flexibility index (Phi) is 11.3. The minimum Gasteiger partial charge on any atom is -0.497 e. The Balaban J connectivity index is 1.50. The molecule has 0 aliphatic heterocycles. The summed E-state index contributed by atoms with van der Waals surface area (Å²) in [6.07, 6.45) is 4.18. The molecule has 0 radical (unpaired) electrons. The number of amides is 2. The van der Waals surface area contributed by atoms with Gasteiger partial charge in [-0.25, -0.2) is 9.87 Å². The van der Waals surface area contributed by atoms with Crippen LogP contribution in [0, 0.1) is 5.82 Å². The molecule has 0 fully saturated rings. The Bertz CT molecular complexity index is 1190. The van der Waals surface area contributed by atoms with Crippen molar-refractivity contribution >= 4 is 23.5 Å². The number of unbranched alkanes of at least 4 members (excludes halogenated alkanes) is 2. The second kappa shape index (κ2) is 15.2. The van der Waals surface area contributed by atoms with Crippen LogP contribution in [0.25, 0.3) is 11.6 Å². The zero-order chi connectivity index (χ0) is 27.2. The molecule has 0 saturated heterocycles. The number of hydrogen-bond acceptors (Lipinski definition) is 5. The lowest BCUT2D eigenvalue weighted by molar-refractivity contribution is -0.134. The summed E-state index contributed by atoms with van der Waals surface area (Å²) in [5.74, 6) is 0.324. The smallest absolute Gasteiger partial charge is 0.251 e. The number of carbonyl (C=O) groups is 2. The number of ether oxygens (including phenoxy) is 2. The van der Waals surface area contributed by atoms with Crippen LogP contribution >= 0.6 is 0 Å². The second-order valence-corrected chi connectivity index (χ2v) is 8.58. The molecular formula is C30H33FN2O5. The van der Waals surface area contributed by atoms with Gasteiger partial charge in [0.1, 0.15) is 17.3 Å². The highest BCUT2D eigenvalue weighted by Gasteiger charge is 2.13. The summed E-state index contributed by atoms with van der Waals surface area (Å²) < 4.78 is 24.2. The molecule has 200 valence electrons. The topological polar surface area (TPSA) is 85.9 Å². The van der Waals surface area contributed by atoms with Gasteiger partial charge in [0, 0.05) is 24.6 Å². The molecule has 0 aromatic heterocycles. The third kappa shape index (κ3) is 9.37. The molecule has 0 unspecified atom stereocenters. The molecule has 0 spiro atoms. The molecule has 0 atom stereocenters. The molecule has 3 rings (SSSR count). The van der Waals surface area contributed by atoms with Crippen LogP contribution in [0.3, 0.4) is 0 Å². The van der Waals surface area contributed by atoms with Crippen molar-refractivity contribution in [3.05, 3.63) is 95.3 Å². The quantitative estimate of drug-likeness (QED) is 0.130. The van der Waals surface area contributed by atoms with E-state index < -0.39 is 0 Å². The van der Waals surface area contributed by atoms with E-state index in [1.165, 1.54) is 12.1 Å². The maximum Gasteiger partial charge on any atom is 0.251 e. The van der Waals surface area contributed by atoms with Crippen molar-refractivity contribution in [3.63, 3.8) is 0 Å². The number of halogens is 1. The van der Waals surface area contributed by atoms with Crippen molar-refractivity contribution in [3.8, 4) is 11.5 Å². The zero-order valence-corrected chi connectivity index (χ0v) is 21.7. The van der Waals surface area contributed by atoms with Crippen molar-refractivity contribution in [2.24, 2.45) is 0 Å². The minimum atomic E-state index is -0.383. The van der Waals surface area contributed by atoms with Gasteiger partial charge in [0.25, 0.3) is 5.91 Å². The number of carbonyl (C=O) groups excluding carboxylic acids is 2. The highest BCUT2D eigenvalue weighted by atomic mass is 19.1. The van der Waals surface area contributed by atoms with Crippen molar-refractivity contribution < 1.29 is 28.3 Å². The fraction of sp³-hybridized carbons (Fsp3) is 0.267. The first-order chi connectivity index (χ1) is 18.5. The van der Waals surface area contributed by atoms with E-state index in [4.69, 9.17) is 14.3 Å². The van der Waals surface area contributed by atoms with Gasteiger partial charge in [0.15, 0.2) is 0 Å². The van der Waals surface area contributed by atoms with Crippen LogP contribution in [0.2, 0.25) is 0 Å². The summed E-state index contributed by atoms with van der Waals surface area (Å²) in [6, 6.07) is 20.7. The molecule has 0 bridgehead atoms. The molecule has 0 saturated carbocycles. The van der Waals surface area contributed by atoms with Gasteiger partial charge < -0.3 is 14.8 Å². The average molecular weight is 521 g/mol. The summed E-state index contributed by atoms with van der Waals surface area (Å²) in [7, 11) is 3.11. The van der Waals surface area contributed by atoms with Gasteiger partial charge in [-0.15, -0.1) is 0 Å². The lowest BCUT2D eigenvalue weighted by Crippen LogP contribution is -2.25. The number of hydrogen-bond donors (Lipinski definition) is 2. The van der Waals surface area contributed by atoms with Gasteiger partial charge in [0.2, 0.25) is 5.91 Å². The van der Waals surface area contributed by atoms with Gasteiger partial charge in [-0.2, -0.15) is 0 Å². The Morgan fingerprint density at radius 2 is 1.55 bits per heavy atom. The number of methoxy groups -OCH3 is 2. The molecular weight excluding hydrogens is 487 g/mol. The molecule has 2 N–H and O–H groups in total. The number of benzene rings is 3. The molecule has 0 aliphatic carbocycles. The fourth-order valence-electron chi connectivity index (χ4n) is 3.70. The fourth-order valence-corrected chi connectivity index (χ4v) is 3.70. The molecule has 7 nitrogen and oxygen atoms in total. The summed E-state index contributed by atoms with van der Waals surface area (Å²) in [4.78, 5) is 30.3. The Morgan fingerprint density at radius 1 is 0.868 bits per heavy atom. The van der Waals surface area contributed by atoms with Gasteiger partial charge in [0.05, 0.1) is 20.8 Å². The van der Waals surface area contributed by atoms with Crippen molar-refractivity contribution in [2.45, 2.75) is 32.3 Å². The molecule has 38 heavy (non-hydrogen) atoms. The van der Waals surface area contributed by atoms with Gasteiger partial charge >= 0.3 is 0 Å². The Hall–Kier alpha value is -4.17. The van der Waals surface area contributed by atoms with E-state index in [1.807, 2.05) is 30.3 Å². The third-order valence-corrected chi connectivity index (χ3v) is 5.72. The molecule has 0 heterocycles. The first kappa shape index (κ1) is 28.4. The van der Waals surface area contributed by atoms with E-state index in [0.717, 1.165) is 12.0 Å². The maximum atomic E-state index is 13.5. The monoisotopic (exact) mass is 520 g/mol. The lowest BCUT2D eigenvalue weighted by atomic mass is 10.0. The van der Waals surface area contributed by atoms with Gasteiger partial charge in [-0.3, -0.25) is 14.4 Å². The van der Waals surface area contributed by atoms with Crippen LogP contribution < -0.4 is 20.3 Å². The summed E-state index contributed by atoms with van der Waals surface area (Å²) >= 11 is 0. The van der Waals surface area contributed by atoms with Crippen molar-refractivity contribution in [2.75, 3.05) is 20.8 Å². The van der Waals surface area contributed by atoms with Gasteiger partial charge in [-0.05, 0) is 59.9 Å². The lowest BCUT2D eigenvalue weighted by Gasteiger charge is -2.11. The molecule has 3 aromatic rings. The van der Waals surface area contributed by atoms with E-state index in [1.54, 1.807) is 50.6 Å². The van der Waals surface area contributed by atoms with Crippen LogP contribution in [0.15, 0.2) is 72.8 Å². The highest BCUT2D eigenvalue weighted by Crippen LogP contribution is 2.26. The third-order valence-electron chi connectivity index (χ3n) is 5.72. The SMILES string of the molecule is COc1cc(/C=C(\C(=O)NCCCCCC(=O)NOCc2ccccc2)c2ccc(F)cc2)cc(OC)c1. The number of nitrogens with one attached hydrogen (secondary N) is 2. The zero-order valence-electron chi connectivity index (χ0n) is 21.7. The minimum absolute atomic E-state index is 0.180. The predicted octanol–water partition coefficient (Wildman–Crippen LogP) is 5.31. The van der Waals surface area contributed by atoms with Gasteiger partial charge in [-0.1, -0.05) is 48.9 Å². The molecule has 3 aromatic carbocycles. The Labute approximate surface area is 222 Å².